The lowest BCUT2D eigenvalue weighted by Gasteiger charge is -1.99. The van der Waals surface area contributed by atoms with Crippen LogP contribution in [0, 0.1) is 0 Å². The summed E-state index contributed by atoms with van der Waals surface area (Å²) in [6.07, 6.45) is 2.75. The molecule has 0 aromatic carbocycles. The summed E-state index contributed by atoms with van der Waals surface area (Å²) >= 11 is 0. The van der Waals surface area contributed by atoms with Crippen molar-refractivity contribution in [3.8, 4) is 0 Å². The van der Waals surface area contributed by atoms with E-state index in [1.807, 2.05) is 6.92 Å². The molecule has 3 heteroatoms. The van der Waals surface area contributed by atoms with Crippen molar-refractivity contribution in [2.45, 2.75) is 45.3 Å². The number of hydrogen-bond donors (Lipinski definition) is 0. The smallest absolute Gasteiger partial charge is 0.338 e. The van der Waals surface area contributed by atoms with Gasteiger partial charge in [-0.1, -0.05) is 20.3 Å². The molecule has 1 heterocycles. The summed E-state index contributed by atoms with van der Waals surface area (Å²) in [7, 11) is 0. The van der Waals surface area contributed by atoms with Crippen LogP contribution >= 0.6 is 0 Å². The largest absolute Gasteiger partial charge is 0.464 e. The average molecular weight is 172 g/mol. The molecule has 0 aliphatic carbocycles. The number of ether oxygens (including phenoxy) is 2. The first-order chi connectivity index (χ1) is 5.79. The fraction of sp³-hybridized carbons (Fsp3) is 0.889. The molecule has 12 heavy (non-hydrogen) atoms. The van der Waals surface area contributed by atoms with Crippen molar-refractivity contribution in [3.63, 3.8) is 0 Å². The van der Waals surface area contributed by atoms with Crippen LogP contribution in [-0.2, 0) is 14.3 Å². The van der Waals surface area contributed by atoms with Crippen LogP contribution in [0.3, 0.4) is 0 Å². The molecular formula is C9H16O3. The van der Waals surface area contributed by atoms with Gasteiger partial charge in [0.15, 0.2) is 6.10 Å². The van der Waals surface area contributed by atoms with E-state index in [2.05, 4.69) is 6.92 Å². The summed E-state index contributed by atoms with van der Waals surface area (Å²) in [4.78, 5) is 11.1. The summed E-state index contributed by atoms with van der Waals surface area (Å²) in [6, 6.07) is 0. The number of unbranched alkanes of at least 4 members (excludes halogenated alkanes) is 1. The van der Waals surface area contributed by atoms with Crippen LogP contribution in [-0.4, -0.2) is 24.8 Å². The first-order valence-corrected chi connectivity index (χ1v) is 4.61. The van der Waals surface area contributed by atoms with Gasteiger partial charge in [-0.3, -0.25) is 0 Å². The van der Waals surface area contributed by atoms with Gasteiger partial charge in [0.25, 0.3) is 0 Å². The van der Waals surface area contributed by atoms with Gasteiger partial charge in [-0.2, -0.15) is 0 Å². The molecule has 1 aliphatic heterocycles. The SMILES string of the molecule is CCCCOC(=O)C1OC1CC. The van der Waals surface area contributed by atoms with Gasteiger partial charge in [0.1, 0.15) is 0 Å². The van der Waals surface area contributed by atoms with Crippen LogP contribution in [0.25, 0.3) is 0 Å². The molecule has 2 unspecified atom stereocenters. The van der Waals surface area contributed by atoms with Crippen LogP contribution in [0.4, 0.5) is 0 Å². The highest BCUT2D eigenvalue weighted by Gasteiger charge is 2.44. The Morgan fingerprint density at radius 1 is 1.50 bits per heavy atom. The van der Waals surface area contributed by atoms with Gasteiger partial charge < -0.3 is 9.47 Å². The molecule has 0 spiro atoms. The number of rotatable bonds is 5. The molecule has 0 amide bonds. The zero-order valence-electron chi connectivity index (χ0n) is 7.71. The van der Waals surface area contributed by atoms with E-state index in [4.69, 9.17) is 9.47 Å². The second kappa shape index (κ2) is 4.45. The van der Waals surface area contributed by atoms with Gasteiger partial charge in [-0.15, -0.1) is 0 Å². The standard InChI is InChI=1S/C9H16O3/c1-3-5-6-11-9(10)8-7(4-2)12-8/h7-8H,3-6H2,1-2H3. The lowest BCUT2D eigenvalue weighted by Crippen LogP contribution is -2.14. The molecule has 0 saturated carbocycles. The van der Waals surface area contributed by atoms with Gasteiger partial charge >= 0.3 is 5.97 Å². The average Bonchev–Trinajstić information content (AvgIpc) is 2.83. The monoisotopic (exact) mass is 172 g/mol. The Balaban J connectivity index is 2.05. The molecule has 3 nitrogen and oxygen atoms in total. The van der Waals surface area contributed by atoms with Crippen molar-refractivity contribution in [1.82, 2.24) is 0 Å². The highest BCUT2D eigenvalue weighted by atomic mass is 16.6. The lowest BCUT2D eigenvalue weighted by molar-refractivity contribution is -0.145. The second-order valence-electron chi connectivity index (χ2n) is 3.02. The number of epoxide rings is 1. The quantitative estimate of drug-likeness (QED) is 0.358. The Kier molecular flexibility index (Phi) is 3.53. The maximum Gasteiger partial charge on any atom is 0.338 e. The summed E-state index contributed by atoms with van der Waals surface area (Å²) in [5.41, 5.74) is 0. The van der Waals surface area contributed by atoms with Crippen LogP contribution in [0.2, 0.25) is 0 Å². The van der Waals surface area contributed by atoms with E-state index in [0.717, 1.165) is 19.3 Å². The van der Waals surface area contributed by atoms with Crippen molar-refractivity contribution >= 4 is 5.97 Å². The van der Waals surface area contributed by atoms with E-state index in [-0.39, 0.29) is 18.2 Å². The fourth-order valence-corrected chi connectivity index (χ4v) is 1.06. The van der Waals surface area contributed by atoms with Gasteiger partial charge in [0.05, 0.1) is 12.7 Å². The molecule has 1 fully saturated rings. The summed E-state index contributed by atoms with van der Waals surface area (Å²) in [6.45, 7) is 4.60. The third-order valence-electron chi connectivity index (χ3n) is 1.96. The fourth-order valence-electron chi connectivity index (χ4n) is 1.06. The third kappa shape index (κ3) is 2.48. The Hall–Kier alpha value is -0.570. The molecular weight excluding hydrogens is 156 g/mol. The van der Waals surface area contributed by atoms with Crippen molar-refractivity contribution in [3.05, 3.63) is 0 Å². The lowest BCUT2D eigenvalue weighted by atomic mass is 10.2. The van der Waals surface area contributed by atoms with Gasteiger partial charge in [-0.05, 0) is 12.8 Å². The van der Waals surface area contributed by atoms with E-state index in [1.165, 1.54) is 0 Å². The van der Waals surface area contributed by atoms with Crippen LogP contribution < -0.4 is 0 Å². The predicted octanol–water partition coefficient (Wildman–Crippen LogP) is 1.51. The molecule has 0 aromatic rings. The van der Waals surface area contributed by atoms with Crippen molar-refractivity contribution in [1.29, 1.82) is 0 Å². The topological polar surface area (TPSA) is 38.8 Å². The number of esters is 1. The molecule has 1 aliphatic rings. The number of carbonyl (C=O) groups excluding carboxylic acids is 1. The molecule has 1 saturated heterocycles. The zero-order valence-corrected chi connectivity index (χ0v) is 7.71. The zero-order chi connectivity index (χ0) is 8.97. The summed E-state index contributed by atoms with van der Waals surface area (Å²) < 4.78 is 10.1. The van der Waals surface area contributed by atoms with Gasteiger partial charge in [-0.25, -0.2) is 4.79 Å². The maximum absolute atomic E-state index is 11.1. The Bertz CT molecular complexity index is 156. The summed E-state index contributed by atoms with van der Waals surface area (Å²) in [5.74, 6) is -0.185. The molecule has 0 bridgehead atoms. The predicted molar refractivity (Wildman–Crippen MR) is 44.8 cm³/mol. The molecule has 0 radical (unpaired) electrons. The van der Waals surface area contributed by atoms with Crippen LogP contribution in [0.15, 0.2) is 0 Å². The van der Waals surface area contributed by atoms with Crippen molar-refractivity contribution < 1.29 is 14.3 Å². The van der Waals surface area contributed by atoms with Crippen molar-refractivity contribution in [2.24, 2.45) is 0 Å². The Morgan fingerprint density at radius 2 is 2.25 bits per heavy atom. The highest BCUT2D eigenvalue weighted by molar-refractivity contribution is 5.77. The van der Waals surface area contributed by atoms with E-state index in [0.29, 0.717) is 6.61 Å². The summed E-state index contributed by atoms with van der Waals surface area (Å²) in [5, 5.41) is 0. The molecule has 0 N–H and O–H groups in total. The Morgan fingerprint density at radius 3 is 2.75 bits per heavy atom. The normalized spacial score (nSPS) is 26.8. The minimum Gasteiger partial charge on any atom is -0.464 e. The first-order valence-electron chi connectivity index (χ1n) is 4.61. The first kappa shape index (κ1) is 9.52. The number of hydrogen-bond acceptors (Lipinski definition) is 3. The van der Waals surface area contributed by atoms with Gasteiger partial charge in [0.2, 0.25) is 0 Å². The van der Waals surface area contributed by atoms with E-state index in [9.17, 15) is 4.79 Å². The Labute approximate surface area is 73.0 Å². The second-order valence-corrected chi connectivity index (χ2v) is 3.02. The molecule has 2 atom stereocenters. The van der Waals surface area contributed by atoms with E-state index < -0.39 is 0 Å². The number of carbonyl (C=O) groups is 1. The minimum absolute atomic E-state index is 0.124. The maximum atomic E-state index is 11.1. The minimum atomic E-state index is -0.258. The van der Waals surface area contributed by atoms with Gasteiger partial charge in [0, 0.05) is 0 Å². The highest BCUT2D eigenvalue weighted by Crippen LogP contribution is 2.25. The van der Waals surface area contributed by atoms with E-state index in [1.54, 1.807) is 0 Å². The van der Waals surface area contributed by atoms with Crippen LogP contribution in [0.1, 0.15) is 33.1 Å². The third-order valence-corrected chi connectivity index (χ3v) is 1.96. The van der Waals surface area contributed by atoms with Crippen LogP contribution in [0.5, 0.6) is 0 Å². The molecule has 0 aromatic heterocycles. The van der Waals surface area contributed by atoms with E-state index >= 15 is 0 Å². The molecule has 1 rings (SSSR count). The molecule has 70 valence electrons. The van der Waals surface area contributed by atoms with Crippen molar-refractivity contribution in [2.75, 3.05) is 6.61 Å².